The maximum absolute atomic E-state index is 3.71. The summed E-state index contributed by atoms with van der Waals surface area (Å²) < 4.78 is 0. The summed E-state index contributed by atoms with van der Waals surface area (Å²) in [6, 6.07) is 4.35. The normalized spacial score (nSPS) is 29.7. The molecular weight excluding hydrogens is 246 g/mol. The highest BCUT2D eigenvalue weighted by atomic mass is 79.9. The molecule has 1 aliphatic rings. The van der Waals surface area contributed by atoms with E-state index in [9.17, 15) is 0 Å². The fourth-order valence-corrected chi connectivity index (χ4v) is 3.10. The fraction of sp³-hybridized carbons (Fsp3) is 0.600. The molecule has 2 rings (SSSR count). The van der Waals surface area contributed by atoms with Crippen LogP contribution in [0, 0.1) is 5.92 Å². The standard InChI is InChI=1S/C10H14BrNS/c1-8-5-12(7-10(8)11)6-9-3-2-4-13-9/h2-4,8,10H,5-7H2,1H3. The maximum Gasteiger partial charge on any atom is 0.0328 e. The molecule has 0 saturated carbocycles. The van der Waals surface area contributed by atoms with Crippen LogP contribution in [0.4, 0.5) is 0 Å². The molecule has 2 unspecified atom stereocenters. The van der Waals surface area contributed by atoms with Crippen LogP contribution in [-0.2, 0) is 6.54 Å². The molecule has 2 heterocycles. The van der Waals surface area contributed by atoms with E-state index in [-0.39, 0.29) is 0 Å². The Kier molecular flexibility index (Phi) is 3.06. The van der Waals surface area contributed by atoms with Gasteiger partial charge in [0, 0.05) is 29.3 Å². The first kappa shape index (κ1) is 9.69. The van der Waals surface area contributed by atoms with Crippen LogP contribution in [0.1, 0.15) is 11.8 Å². The molecule has 0 spiro atoms. The van der Waals surface area contributed by atoms with E-state index in [2.05, 4.69) is 45.3 Å². The molecule has 1 aromatic heterocycles. The summed E-state index contributed by atoms with van der Waals surface area (Å²) >= 11 is 5.57. The van der Waals surface area contributed by atoms with E-state index in [4.69, 9.17) is 0 Å². The zero-order valence-corrected chi connectivity index (χ0v) is 10.1. The predicted octanol–water partition coefficient (Wildman–Crippen LogP) is 2.96. The molecule has 0 radical (unpaired) electrons. The molecule has 1 nitrogen and oxygen atoms in total. The van der Waals surface area contributed by atoms with Crippen LogP contribution in [0.3, 0.4) is 0 Å². The van der Waals surface area contributed by atoms with Crippen LogP contribution >= 0.6 is 27.3 Å². The van der Waals surface area contributed by atoms with Gasteiger partial charge in [0.05, 0.1) is 0 Å². The Hall–Kier alpha value is 0.140. The topological polar surface area (TPSA) is 3.24 Å². The van der Waals surface area contributed by atoms with E-state index < -0.39 is 0 Å². The second-order valence-electron chi connectivity index (χ2n) is 3.77. The number of hydrogen-bond acceptors (Lipinski definition) is 2. The molecule has 1 fully saturated rings. The van der Waals surface area contributed by atoms with Crippen molar-refractivity contribution in [1.82, 2.24) is 4.90 Å². The Morgan fingerprint density at radius 1 is 1.62 bits per heavy atom. The molecular formula is C10H14BrNS. The van der Waals surface area contributed by atoms with Crippen LogP contribution < -0.4 is 0 Å². The maximum atomic E-state index is 3.71. The van der Waals surface area contributed by atoms with E-state index in [1.54, 1.807) is 0 Å². The smallest absolute Gasteiger partial charge is 0.0328 e. The molecule has 0 bridgehead atoms. The SMILES string of the molecule is CC1CN(Cc2cccs2)CC1Br. The number of hydrogen-bond donors (Lipinski definition) is 0. The monoisotopic (exact) mass is 259 g/mol. The minimum atomic E-state index is 0.687. The molecule has 13 heavy (non-hydrogen) atoms. The first-order valence-electron chi connectivity index (χ1n) is 4.64. The van der Waals surface area contributed by atoms with Crippen molar-refractivity contribution in [3.8, 4) is 0 Å². The van der Waals surface area contributed by atoms with Gasteiger partial charge >= 0.3 is 0 Å². The third-order valence-corrected chi connectivity index (χ3v) is 4.61. The highest BCUT2D eigenvalue weighted by Gasteiger charge is 2.27. The lowest BCUT2D eigenvalue weighted by Gasteiger charge is -2.13. The van der Waals surface area contributed by atoms with Crippen LogP contribution in [0.15, 0.2) is 17.5 Å². The first-order chi connectivity index (χ1) is 6.25. The molecule has 0 aromatic carbocycles. The van der Waals surface area contributed by atoms with Gasteiger partial charge in [-0.25, -0.2) is 0 Å². The van der Waals surface area contributed by atoms with E-state index >= 15 is 0 Å². The van der Waals surface area contributed by atoms with Gasteiger partial charge in [-0.2, -0.15) is 0 Å². The average molecular weight is 260 g/mol. The molecule has 2 atom stereocenters. The van der Waals surface area contributed by atoms with Crippen molar-refractivity contribution in [2.24, 2.45) is 5.92 Å². The fourth-order valence-electron chi connectivity index (χ4n) is 1.77. The largest absolute Gasteiger partial charge is 0.297 e. The number of rotatable bonds is 2. The van der Waals surface area contributed by atoms with Crippen molar-refractivity contribution >= 4 is 27.3 Å². The summed E-state index contributed by atoms with van der Waals surface area (Å²) in [4.78, 5) is 4.69. The summed E-state index contributed by atoms with van der Waals surface area (Å²) in [5.41, 5.74) is 0. The van der Waals surface area contributed by atoms with Crippen LogP contribution in [0.25, 0.3) is 0 Å². The Balaban J connectivity index is 1.91. The van der Waals surface area contributed by atoms with E-state index in [1.807, 2.05) is 11.3 Å². The van der Waals surface area contributed by atoms with Gasteiger partial charge < -0.3 is 0 Å². The minimum absolute atomic E-state index is 0.687. The summed E-state index contributed by atoms with van der Waals surface area (Å²) in [7, 11) is 0. The van der Waals surface area contributed by atoms with Crippen LogP contribution in [0.2, 0.25) is 0 Å². The zero-order valence-electron chi connectivity index (χ0n) is 7.74. The third kappa shape index (κ3) is 2.33. The number of likely N-dealkylation sites (tertiary alicyclic amines) is 1. The average Bonchev–Trinajstić information content (AvgIpc) is 2.64. The number of halogens is 1. The molecule has 3 heteroatoms. The molecule has 1 saturated heterocycles. The van der Waals surface area contributed by atoms with Crippen molar-refractivity contribution < 1.29 is 0 Å². The van der Waals surface area contributed by atoms with Crippen molar-refractivity contribution in [3.05, 3.63) is 22.4 Å². The highest BCUT2D eigenvalue weighted by molar-refractivity contribution is 9.09. The number of alkyl halides is 1. The van der Waals surface area contributed by atoms with E-state index in [1.165, 1.54) is 18.0 Å². The van der Waals surface area contributed by atoms with Crippen molar-refractivity contribution in [2.75, 3.05) is 13.1 Å². The summed E-state index contributed by atoms with van der Waals surface area (Å²) in [5, 5.41) is 2.15. The second-order valence-corrected chi connectivity index (χ2v) is 5.98. The van der Waals surface area contributed by atoms with Crippen molar-refractivity contribution in [2.45, 2.75) is 18.3 Å². The Morgan fingerprint density at radius 2 is 2.46 bits per heavy atom. The highest BCUT2D eigenvalue weighted by Crippen LogP contribution is 2.25. The van der Waals surface area contributed by atoms with Gasteiger partial charge in [-0.3, -0.25) is 4.90 Å². The summed E-state index contributed by atoms with van der Waals surface area (Å²) in [6.07, 6.45) is 0. The predicted molar refractivity (Wildman–Crippen MR) is 61.5 cm³/mol. The van der Waals surface area contributed by atoms with Gasteiger partial charge in [0.1, 0.15) is 0 Å². The van der Waals surface area contributed by atoms with Gasteiger partial charge in [-0.15, -0.1) is 11.3 Å². The summed E-state index contributed by atoms with van der Waals surface area (Å²) in [5.74, 6) is 0.792. The van der Waals surface area contributed by atoms with Gasteiger partial charge in [-0.05, 0) is 17.4 Å². The van der Waals surface area contributed by atoms with Gasteiger partial charge in [-0.1, -0.05) is 28.9 Å². The van der Waals surface area contributed by atoms with Gasteiger partial charge in [0.15, 0.2) is 0 Å². The molecule has 72 valence electrons. The molecule has 1 aromatic rings. The molecule has 0 amide bonds. The quantitative estimate of drug-likeness (QED) is 0.739. The van der Waals surface area contributed by atoms with E-state index in [0.717, 1.165) is 12.5 Å². The Bertz CT molecular complexity index is 250. The second kappa shape index (κ2) is 4.11. The Labute approximate surface area is 91.9 Å². The van der Waals surface area contributed by atoms with Gasteiger partial charge in [0.25, 0.3) is 0 Å². The van der Waals surface area contributed by atoms with Crippen molar-refractivity contribution in [3.63, 3.8) is 0 Å². The van der Waals surface area contributed by atoms with Crippen LogP contribution in [0.5, 0.6) is 0 Å². The number of thiophene rings is 1. The first-order valence-corrected chi connectivity index (χ1v) is 6.44. The van der Waals surface area contributed by atoms with Gasteiger partial charge in [0.2, 0.25) is 0 Å². The molecule has 0 N–H and O–H groups in total. The lowest BCUT2D eigenvalue weighted by molar-refractivity contribution is 0.323. The molecule has 0 aliphatic carbocycles. The third-order valence-electron chi connectivity index (χ3n) is 2.56. The van der Waals surface area contributed by atoms with E-state index in [0.29, 0.717) is 4.83 Å². The zero-order chi connectivity index (χ0) is 9.26. The number of nitrogens with zero attached hydrogens (tertiary/aromatic N) is 1. The Morgan fingerprint density at radius 3 is 3.00 bits per heavy atom. The minimum Gasteiger partial charge on any atom is -0.297 e. The van der Waals surface area contributed by atoms with Crippen LogP contribution in [-0.4, -0.2) is 22.8 Å². The lowest BCUT2D eigenvalue weighted by atomic mass is 10.2. The van der Waals surface area contributed by atoms with Crippen molar-refractivity contribution in [1.29, 1.82) is 0 Å². The summed E-state index contributed by atoms with van der Waals surface area (Å²) in [6.45, 7) is 5.87. The lowest BCUT2D eigenvalue weighted by Crippen LogP contribution is -2.19. The molecule has 1 aliphatic heterocycles.